The van der Waals surface area contributed by atoms with E-state index in [1.54, 1.807) is 24.3 Å². The van der Waals surface area contributed by atoms with Crippen LogP contribution in [0.1, 0.15) is 16.7 Å². The Kier molecular flexibility index (Phi) is 6.70. The normalized spacial score (nSPS) is 14.6. The summed E-state index contributed by atoms with van der Waals surface area (Å²) in [5.74, 6) is 1.28. The molecule has 0 aromatic heterocycles. The highest BCUT2D eigenvalue weighted by Crippen LogP contribution is 2.41. The number of hydrogen-bond acceptors (Lipinski definition) is 6. The van der Waals surface area contributed by atoms with Crippen molar-refractivity contribution in [3.63, 3.8) is 0 Å². The number of nitrogens with zero attached hydrogens (tertiary/aromatic N) is 1. The number of imide groups is 1. The van der Waals surface area contributed by atoms with Gasteiger partial charge >= 0.3 is 0 Å². The summed E-state index contributed by atoms with van der Waals surface area (Å²) in [6.07, 6.45) is 1.70. The van der Waals surface area contributed by atoms with Crippen molar-refractivity contribution in [1.82, 2.24) is 0 Å². The molecular formula is C26H23NO5S. The molecule has 0 N–H and O–H groups in total. The lowest BCUT2D eigenvalue weighted by Crippen LogP contribution is -2.28. The fraction of sp³-hybridized carbons (Fsp3) is 0.154. The van der Waals surface area contributed by atoms with Gasteiger partial charge in [0.1, 0.15) is 23.9 Å². The summed E-state index contributed by atoms with van der Waals surface area (Å²) in [4.78, 5) is 27.1. The molecule has 0 unspecified atom stereocenters. The van der Waals surface area contributed by atoms with E-state index in [4.69, 9.17) is 14.2 Å². The molecule has 6 nitrogen and oxygen atoms in total. The first-order valence-electron chi connectivity index (χ1n) is 10.3. The molecular weight excluding hydrogens is 438 g/mol. The van der Waals surface area contributed by atoms with E-state index in [0.29, 0.717) is 28.7 Å². The maximum atomic E-state index is 13.0. The van der Waals surface area contributed by atoms with Gasteiger partial charge in [-0.05, 0) is 60.2 Å². The third-order valence-corrected chi connectivity index (χ3v) is 6.00. The maximum absolute atomic E-state index is 13.0. The first-order valence-corrected chi connectivity index (χ1v) is 11.1. The highest BCUT2D eigenvalue weighted by atomic mass is 32.2. The topological polar surface area (TPSA) is 65.1 Å². The van der Waals surface area contributed by atoms with Crippen LogP contribution in [0.5, 0.6) is 17.2 Å². The molecule has 1 heterocycles. The minimum atomic E-state index is -0.395. The number of methoxy groups -OCH3 is 2. The van der Waals surface area contributed by atoms with Crippen LogP contribution in [0.2, 0.25) is 0 Å². The molecule has 0 atom stereocenters. The molecule has 33 heavy (non-hydrogen) atoms. The second-order valence-corrected chi connectivity index (χ2v) is 8.39. The zero-order valence-electron chi connectivity index (χ0n) is 18.5. The molecule has 2 amide bonds. The van der Waals surface area contributed by atoms with E-state index in [-0.39, 0.29) is 5.24 Å². The van der Waals surface area contributed by atoms with Crippen molar-refractivity contribution in [1.29, 1.82) is 0 Å². The number of ether oxygens (including phenoxy) is 3. The highest BCUT2D eigenvalue weighted by molar-refractivity contribution is 8.19. The molecule has 3 aromatic carbocycles. The van der Waals surface area contributed by atoms with Crippen LogP contribution in [0.25, 0.3) is 6.08 Å². The molecule has 0 bridgehead atoms. The molecule has 0 spiro atoms. The van der Waals surface area contributed by atoms with Crippen molar-refractivity contribution in [2.75, 3.05) is 19.1 Å². The molecule has 168 valence electrons. The number of carbonyl (C=O) groups excluding carboxylic acids is 2. The predicted molar refractivity (Wildman–Crippen MR) is 130 cm³/mol. The summed E-state index contributed by atoms with van der Waals surface area (Å²) in [6.45, 7) is 2.52. The van der Waals surface area contributed by atoms with Gasteiger partial charge in [-0.1, -0.05) is 42.0 Å². The van der Waals surface area contributed by atoms with Gasteiger partial charge in [-0.3, -0.25) is 9.59 Å². The number of carbonyl (C=O) groups is 2. The minimum Gasteiger partial charge on any atom is -0.497 e. The van der Waals surface area contributed by atoms with Gasteiger partial charge in [-0.2, -0.15) is 0 Å². The third kappa shape index (κ3) is 5.04. The number of thioether (sulfide) groups is 1. The van der Waals surface area contributed by atoms with Gasteiger partial charge in [0, 0.05) is 6.07 Å². The Hall–Kier alpha value is -3.71. The summed E-state index contributed by atoms with van der Waals surface area (Å²) in [5, 5.41) is -0.382. The van der Waals surface area contributed by atoms with Crippen LogP contribution in [0, 0.1) is 6.92 Å². The number of aryl methyl sites for hydroxylation is 1. The van der Waals surface area contributed by atoms with Gasteiger partial charge in [0.05, 0.1) is 24.8 Å². The first kappa shape index (κ1) is 22.5. The largest absolute Gasteiger partial charge is 0.497 e. The van der Waals surface area contributed by atoms with E-state index in [9.17, 15) is 9.59 Å². The molecule has 1 aliphatic rings. The van der Waals surface area contributed by atoms with Crippen LogP contribution < -0.4 is 19.1 Å². The molecule has 4 rings (SSSR count). The van der Waals surface area contributed by atoms with Gasteiger partial charge < -0.3 is 14.2 Å². The van der Waals surface area contributed by atoms with Crippen molar-refractivity contribution >= 4 is 34.7 Å². The van der Waals surface area contributed by atoms with E-state index in [1.807, 2.05) is 43.3 Å². The lowest BCUT2D eigenvalue weighted by Gasteiger charge is -2.16. The quantitative estimate of drug-likeness (QED) is 0.412. The zero-order chi connectivity index (χ0) is 23.4. The SMILES string of the molecule is COc1ccc(N2C(=O)S/C(=C\c3ccc(OCc4ccc(C)cc4)cc3)C2=O)c(OC)c1. The van der Waals surface area contributed by atoms with Gasteiger partial charge in [0.15, 0.2) is 0 Å². The summed E-state index contributed by atoms with van der Waals surface area (Å²) in [6, 6.07) is 20.5. The number of rotatable bonds is 7. The average molecular weight is 462 g/mol. The van der Waals surface area contributed by atoms with Crippen molar-refractivity contribution in [3.8, 4) is 17.2 Å². The Bertz CT molecular complexity index is 1200. The number of benzene rings is 3. The van der Waals surface area contributed by atoms with E-state index in [1.165, 1.54) is 19.8 Å². The lowest BCUT2D eigenvalue weighted by atomic mass is 10.1. The van der Waals surface area contributed by atoms with E-state index >= 15 is 0 Å². The highest BCUT2D eigenvalue weighted by Gasteiger charge is 2.37. The molecule has 1 saturated heterocycles. The van der Waals surface area contributed by atoms with Gasteiger partial charge in [0.25, 0.3) is 11.1 Å². The molecule has 1 aliphatic heterocycles. The fourth-order valence-electron chi connectivity index (χ4n) is 3.31. The Morgan fingerprint density at radius 2 is 1.58 bits per heavy atom. The minimum absolute atomic E-state index is 0.339. The molecule has 7 heteroatoms. The average Bonchev–Trinajstić information content (AvgIpc) is 3.11. The first-order chi connectivity index (χ1) is 16.0. The van der Waals surface area contributed by atoms with Crippen molar-refractivity contribution in [2.45, 2.75) is 13.5 Å². The Morgan fingerprint density at radius 1 is 0.879 bits per heavy atom. The lowest BCUT2D eigenvalue weighted by molar-refractivity contribution is -0.113. The Morgan fingerprint density at radius 3 is 2.24 bits per heavy atom. The monoisotopic (exact) mass is 461 g/mol. The standard InChI is InChI=1S/C26H23NO5S/c1-17-4-6-19(7-5-17)16-32-20-10-8-18(9-11-20)14-24-25(28)27(26(29)33-24)22-13-12-21(30-2)15-23(22)31-3/h4-15H,16H2,1-3H3/b24-14-. The number of hydrogen-bond donors (Lipinski definition) is 0. The number of anilines is 1. The molecule has 1 fully saturated rings. The van der Waals surface area contributed by atoms with Crippen LogP contribution >= 0.6 is 11.8 Å². The van der Waals surface area contributed by atoms with Crippen LogP contribution in [-0.4, -0.2) is 25.4 Å². The predicted octanol–water partition coefficient (Wildman–Crippen LogP) is 5.83. The van der Waals surface area contributed by atoms with Gasteiger partial charge in [0.2, 0.25) is 0 Å². The molecule has 0 aliphatic carbocycles. The van der Waals surface area contributed by atoms with Crippen molar-refractivity contribution in [3.05, 3.63) is 88.3 Å². The van der Waals surface area contributed by atoms with E-state index in [2.05, 4.69) is 12.1 Å². The zero-order valence-corrected chi connectivity index (χ0v) is 19.3. The Labute approximate surface area is 196 Å². The van der Waals surface area contributed by atoms with E-state index in [0.717, 1.165) is 33.5 Å². The number of amides is 2. The maximum Gasteiger partial charge on any atom is 0.298 e. The summed E-state index contributed by atoms with van der Waals surface area (Å²) >= 11 is 0.894. The second kappa shape index (κ2) is 9.83. The molecule has 0 saturated carbocycles. The van der Waals surface area contributed by atoms with Gasteiger partial charge in [-0.25, -0.2) is 4.90 Å². The smallest absolute Gasteiger partial charge is 0.298 e. The summed E-state index contributed by atoms with van der Waals surface area (Å²) in [7, 11) is 3.02. The van der Waals surface area contributed by atoms with Crippen molar-refractivity contribution < 1.29 is 23.8 Å². The second-order valence-electron chi connectivity index (χ2n) is 7.40. The van der Waals surface area contributed by atoms with Crippen LogP contribution in [0.4, 0.5) is 10.5 Å². The third-order valence-electron chi connectivity index (χ3n) is 5.13. The summed E-state index contributed by atoms with van der Waals surface area (Å²) < 4.78 is 16.4. The molecule has 3 aromatic rings. The van der Waals surface area contributed by atoms with E-state index < -0.39 is 5.91 Å². The van der Waals surface area contributed by atoms with Gasteiger partial charge in [-0.15, -0.1) is 0 Å². The Balaban J connectivity index is 1.47. The van der Waals surface area contributed by atoms with Crippen molar-refractivity contribution in [2.24, 2.45) is 0 Å². The molecule has 0 radical (unpaired) electrons. The van der Waals surface area contributed by atoms with Crippen LogP contribution in [0.15, 0.2) is 71.6 Å². The summed E-state index contributed by atoms with van der Waals surface area (Å²) in [5.41, 5.74) is 3.47. The van der Waals surface area contributed by atoms with Crippen LogP contribution in [-0.2, 0) is 11.4 Å². The fourth-order valence-corrected chi connectivity index (χ4v) is 4.14. The van der Waals surface area contributed by atoms with Crippen LogP contribution in [0.3, 0.4) is 0 Å².